The summed E-state index contributed by atoms with van der Waals surface area (Å²) in [5.74, 6) is 1.21. The normalized spacial score (nSPS) is 40.8. The van der Waals surface area contributed by atoms with Crippen LogP contribution < -0.4 is 5.43 Å². The number of nitrogens with one attached hydrogen (secondary N) is 1. The van der Waals surface area contributed by atoms with Crippen molar-refractivity contribution in [1.29, 1.82) is 0 Å². The van der Waals surface area contributed by atoms with Crippen LogP contribution in [0.3, 0.4) is 0 Å². The number of hydrazine groups is 1. The molecule has 3 atom stereocenters. The first kappa shape index (κ1) is 11.2. The first-order valence-electron chi connectivity index (χ1n) is 7.66. The highest BCUT2D eigenvalue weighted by atomic mass is 16.2. The number of amides is 1. The highest BCUT2D eigenvalue weighted by Gasteiger charge is 2.48. The minimum Gasteiger partial charge on any atom is -0.298 e. The van der Waals surface area contributed by atoms with Crippen LogP contribution in [-0.4, -0.2) is 47.0 Å². The lowest BCUT2D eigenvalue weighted by atomic mass is 9.96. The molecule has 4 nitrogen and oxygen atoms in total. The molecular formula is C14H23N3O. The van der Waals surface area contributed by atoms with Crippen LogP contribution in [0.1, 0.15) is 44.9 Å². The SMILES string of the molecule is O=C1C(CC2CC2)NN1C1CCN2CCCCC12. The van der Waals surface area contributed by atoms with Crippen molar-refractivity contribution >= 4 is 5.91 Å². The molecule has 100 valence electrons. The van der Waals surface area contributed by atoms with Crippen molar-refractivity contribution in [2.45, 2.75) is 63.1 Å². The highest BCUT2D eigenvalue weighted by molar-refractivity contribution is 5.86. The monoisotopic (exact) mass is 249 g/mol. The lowest BCUT2D eigenvalue weighted by Crippen LogP contribution is -2.71. The zero-order valence-electron chi connectivity index (χ0n) is 11.0. The molecule has 1 aliphatic carbocycles. The fourth-order valence-corrected chi connectivity index (χ4v) is 4.01. The minimum absolute atomic E-state index is 0.148. The summed E-state index contributed by atoms with van der Waals surface area (Å²) in [5.41, 5.74) is 3.43. The third-order valence-corrected chi connectivity index (χ3v) is 5.25. The Morgan fingerprint density at radius 3 is 2.72 bits per heavy atom. The number of hydrogen-bond donors (Lipinski definition) is 1. The lowest BCUT2D eigenvalue weighted by Gasteiger charge is -2.46. The van der Waals surface area contributed by atoms with E-state index in [0.717, 1.165) is 12.3 Å². The molecule has 0 aromatic rings. The maximum atomic E-state index is 12.2. The molecule has 1 N–H and O–H groups in total. The van der Waals surface area contributed by atoms with Gasteiger partial charge in [0.05, 0.1) is 6.04 Å². The van der Waals surface area contributed by atoms with Gasteiger partial charge in [-0.25, -0.2) is 5.43 Å². The van der Waals surface area contributed by atoms with E-state index in [0.29, 0.717) is 18.0 Å². The van der Waals surface area contributed by atoms with Crippen LogP contribution >= 0.6 is 0 Å². The van der Waals surface area contributed by atoms with Gasteiger partial charge in [-0.2, -0.15) is 0 Å². The van der Waals surface area contributed by atoms with Crippen LogP contribution in [0.5, 0.6) is 0 Å². The zero-order valence-corrected chi connectivity index (χ0v) is 11.0. The summed E-state index contributed by atoms with van der Waals surface area (Å²) >= 11 is 0. The Bertz CT molecular complexity index is 355. The summed E-state index contributed by atoms with van der Waals surface area (Å²) in [6, 6.07) is 1.24. The Kier molecular flexibility index (Phi) is 2.62. The van der Waals surface area contributed by atoms with Gasteiger partial charge in [0.2, 0.25) is 0 Å². The summed E-state index contributed by atoms with van der Waals surface area (Å²) in [6.45, 7) is 2.43. The zero-order chi connectivity index (χ0) is 12.1. The van der Waals surface area contributed by atoms with Crippen molar-refractivity contribution in [3.8, 4) is 0 Å². The second kappa shape index (κ2) is 4.20. The molecule has 3 unspecified atom stereocenters. The van der Waals surface area contributed by atoms with Crippen molar-refractivity contribution < 1.29 is 4.79 Å². The van der Waals surface area contributed by atoms with E-state index in [1.807, 2.05) is 5.01 Å². The molecular weight excluding hydrogens is 226 g/mol. The molecule has 1 amide bonds. The second-order valence-electron chi connectivity index (χ2n) is 6.52. The number of fused-ring (bicyclic) bond motifs is 1. The Morgan fingerprint density at radius 2 is 1.94 bits per heavy atom. The quantitative estimate of drug-likeness (QED) is 0.814. The number of carbonyl (C=O) groups excluding carboxylic acids is 1. The maximum Gasteiger partial charge on any atom is 0.255 e. The van der Waals surface area contributed by atoms with E-state index in [1.54, 1.807) is 0 Å². The smallest absolute Gasteiger partial charge is 0.255 e. The molecule has 4 aliphatic rings. The van der Waals surface area contributed by atoms with E-state index >= 15 is 0 Å². The van der Waals surface area contributed by atoms with Gasteiger partial charge in [-0.05, 0) is 38.1 Å². The van der Waals surface area contributed by atoms with E-state index in [9.17, 15) is 4.79 Å². The van der Waals surface area contributed by atoms with Gasteiger partial charge in [0.25, 0.3) is 5.91 Å². The molecule has 0 aromatic heterocycles. The van der Waals surface area contributed by atoms with E-state index in [4.69, 9.17) is 0 Å². The van der Waals surface area contributed by atoms with Crippen molar-refractivity contribution in [3.63, 3.8) is 0 Å². The number of carbonyl (C=O) groups is 1. The van der Waals surface area contributed by atoms with Gasteiger partial charge in [-0.3, -0.25) is 14.7 Å². The molecule has 0 aromatic carbocycles. The second-order valence-corrected chi connectivity index (χ2v) is 6.52. The topological polar surface area (TPSA) is 35.6 Å². The Balaban J connectivity index is 1.38. The van der Waals surface area contributed by atoms with Gasteiger partial charge < -0.3 is 0 Å². The van der Waals surface area contributed by atoms with Crippen molar-refractivity contribution in [2.24, 2.45) is 5.92 Å². The number of hydrogen-bond acceptors (Lipinski definition) is 3. The number of nitrogens with zero attached hydrogens (tertiary/aromatic N) is 2. The van der Waals surface area contributed by atoms with E-state index in [1.165, 1.54) is 51.6 Å². The third-order valence-electron chi connectivity index (χ3n) is 5.25. The minimum atomic E-state index is 0.148. The molecule has 3 aliphatic heterocycles. The number of rotatable bonds is 3. The first-order chi connectivity index (χ1) is 8.83. The predicted octanol–water partition coefficient (Wildman–Crippen LogP) is 1.13. The molecule has 4 heteroatoms. The highest BCUT2D eigenvalue weighted by Crippen LogP contribution is 2.37. The maximum absolute atomic E-state index is 12.2. The van der Waals surface area contributed by atoms with Crippen LogP contribution in [0.4, 0.5) is 0 Å². The largest absolute Gasteiger partial charge is 0.298 e. The summed E-state index contributed by atoms with van der Waals surface area (Å²) in [4.78, 5) is 14.8. The van der Waals surface area contributed by atoms with Crippen molar-refractivity contribution in [3.05, 3.63) is 0 Å². The Morgan fingerprint density at radius 1 is 1.06 bits per heavy atom. The standard InChI is InChI=1S/C14H23N3O/c18-14-11(9-10-4-5-10)15-17(14)13-6-8-16-7-2-1-3-12(13)16/h10-13,15H,1-9H2. The molecule has 1 saturated carbocycles. The molecule has 0 radical (unpaired) electrons. The van der Waals surface area contributed by atoms with Gasteiger partial charge in [-0.1, -0.05) is 19.3 Å². The van der Waals surface area contributed by atoms with Crippen LogP contribution in [0.2, 0.25) is 0 Å². The van der Waals surface area contributed by atoms with Crippen LogP contribution in [-0.2, 0) is 4.79 Å². The Labute approximate surface area is 109 Å². The van der Waals surface area contributed by atoms with E-state index < -0.39 is 0 Å². The fraction of sp³-hybridized carbons (Fsp3) is 0.929. The molecule has 18 heavy (non-hydrogen) atoms. The molecule has 4 fully saturated rings. The molecule has 4 rings (SSSR count). The molecule has 3 saturated heterocycles. The van der Waals surface area contributed by atoms with Crippen molar-refractivity contribution in [1.82, 2.24) is 15.3 Å². The molecule has 3 heterocycles. The van der Waals surface area contributed by atoms with Crippen molar-refractivity contribution in [2.75, 3.05) is 13.1 Å². The van der Waals surface area contributed by atoms with Crippen LogP contribution in [0.15, 0.2) is 0 Å². The van der Waals surface area contributed by atoms with Gasteiger partial charge in [0, 0.05) is 12.6 Å². The third kappa shape index (κ3) is 1.77. The van der Waals surface area contributed by atoms with Gasteiger partial charge >= 0.3 is 0 Å². The van der Waals surface area contributed by atoms with Gasteiger partial charge in [0.1, 0.15) is 6.04 Å². The average molecular weight is 249 g/mol. The molecule has 0 bridgehead atoms. The van der Waals surface area contributed by atoms with Crippen LogP contribution in [0, 0.1) is 5.92 Å². The molecule has 0 spiro atoms. The summed E-state index contributed by atoms with van der Waals surface area (Å²) in [6.07, 6.45) is 8.89. The lowest BCUT2D eigenvalue weighted by molar-refractivity contribution is -0.159. The fourth-order valence-electron chi connectivity index (χ4n) is 4.01. The average Bonchev–Trinajstić information content (AvgIpc) is 3.13. The van der Waals surface area contributed by atoms with E-state index in [2.05, 4.69) is 10.3 Å². The summed E-state index contributed by atoms with van der Waals surface area (Å²) in [7, 11) is 0. The Hall–Kier alpha value is -0.610. The predicted molar refractivity (Wildman–Crippen MR) is 68.7 cm³/mol. The van der Waals surface area contributed by atoms with Crippen LogP contribution in [0.25, 0.3) is 0 Å². The van der Waals surface area contributed by atoms with Gasteiger partial charge in [-0.15, -0.1) is 0 Å². The summed E-state index contributed by atoms with van der Waals surface area (Å²) < 4.78 is 0. The van der Waals surface area contributed by atoms with Gasteiger partial charge in [0.15, 0.2) is 0 Å². The summed E-state index contributed by atoms with van der Waals surface area (Å²) in [5, 5.41) is 1.98. The first-order valence-corrected chi connectivity index (χ1v) is 7.66. The van der Waals surface area contributed by atoms with E-state index in [-0.39, 0.29) is 6.04 Å². The number of piperidine rings is 1.